The lowest BCUT2D eigenvalue weighted by Gasteiger charge is -2.11. The van der Waals surface area contributed by atoms with E-state index in [1.165, 1.54) is 10.6 Å². The molecule has 0 fully saturated rings. The lowest BCUT2D eigenvalue weighted by Crippen LogP contribution is -2.39. The maximum Gasteiger partial charge on any atom is 0.331 e. The number of benzene rings is 1. The Morgan fingerprint density at radius 2 is 1.85 bits per heavy atom. The van der Waals surface area contributed by atoms with Gasteiger partial charge in [0.05, 0.1) is 6.54 Å². The van der Waals surface area contributed by atoms with E-state index in [2.05, 4.69) is 0 Å². The van der Waals surface area contributed by atoms with Gasteiger partial charge in [-0.05, 0) is 31.4 Å². The standard InChI is InChI=1S/C16H20N2O2/c1-4-8-17-9-7-15(19)18(16(17)20)11-14-10-12(2)5-6-13(14)3/h5-7,9-10H,4,8,11H2,1-3H3. The third-order valence-corrected chi connectivity index (χ3v) is 3.44. The summed E-state index contributed by atoms with van der Waals surface area (Å²) < 4.78 is 2.89. The van der Waals surface area contributed by atoms with Gasteiger partial charge in [-0.1, -0.05) is 30.7 Å². The van der Waals surface area contributed by atoms with E-state index in [-0.39, 0.29) is 11.2 Å². The zero-order valence-corrected chi connectivity index (χ0v) is 12.2. The highest BCUT2D eigenvalue weighted by Crippen LogP contribution is 2.10. The molecule has 0 saturated heterocycles. The molecule has 20 heavy (non-hydrogen) atoms. The fourth-order valence-corrected chi connectivity index (χ4v) is 2.25. The van der Waals surface area contributed by atoms with Crippen LogP contribution in [0.2, 0.25) is 0 Å². The predicted octanol–water partition coefficient (Wildman–Crippen LogP) is 2.09. The van der Waals surface area contributed by atoms with Crippen LogP contribution in [-0.2, 0) is 13.1 Å². The molecule has 0 saturated carbocycles. The second-order valence-electron chi connectivity index (χ2n) is 5.15. The highest BCUT2D eigenvalue weighted by atomic mass is 16.2. The first-order valence-corrected chi connectivity index (χ1v) is 6.89. The Labute approximate surface area is 118 Å². The molecule has 106 valence electrons. The van der Waals surface area contributed by atoms with Crippen LogP contribution in [0.15, 0.2) is 40.1 Å². The third-order valence-electron chi connectivity index (χ3n) is 3.44. The zero-order valence-electron chi connectivity index (χ0n) is 12.2. The van der Waals surface area contributed by atoms with Crippen LogP contribution in [0.4, 0.5) is 0 Å². The van der Waals surface area contributed by atoms with Crippen molar-refractivity contribution >= 4 is 0 Å². The van der Waals surface area contributed by atoms with Crippen LogP contribution in [0.3, 0.4) is 0 Å². The van der Waals surface area contributed by atoms with Crippen molar-refractivity contribution in [3.05, 3.63) is 68.0 Å². The van der Waals surface area contributed by atoms with Gasteiger partial charge in [0, 0.05) is 18.8 Å². The number of aromatic nitrogens is 2. The first-order valence-electron chi connectivity index (χ1n) is 6.89. The number of rotatable bonds is 4. The van der Waals surface area contributed by atoms with Gasteiger partial charge in [0.25, 0.3) is 5.56 Å². The third kappa shape index (κ3) is 2.90. The fourth-order valence-electron chi connectivity index (χ4n) is 2.25. The Bertz CT molecular complexity index is 726. The summed E-state index contributed by atoms with van der Waals surface area (Å²) in [6, 6.07) is 7.53. The van der Waals surface area contributed by atoms with E-state index in [0.29, 0.717) is 13.1 Å². The maximum absolute atomic E-state index is 12.3. The average Bonchev–Trinajstić information content (AvgIpc) is 2.42. The predicted molar refractivity (Wildman–Crippen MR) is 80.3 cm³/mol. The van der Waals surface area contributed by atoms with Gasteiger partial charge in [0.2, 0.25) is 0 Å². The van der Waals surface area contributed by atoms with Crippen molar-refractivity contribution < 1.29 is 0 Å². The van der Waals surface area contributed by atoms with E-state index in [1.54, 1.807) is 10.8 Å². The van der Waals surface area contributed by atoms with Crippen molar-refractivity contribution in [3.63, 3.8) is 0 Å². The van der Waals surface area contributed by atoms with E-state index in [0.717, 1.165) is 23.1 Å². The number of hydrogen-bond donors (Lipinski definition) is 0. The van der Waals surface area contributed by atoms with Gasteiger partial charge < -0.3 is 4.57 Å². The first kappa shape index (κ1) is 14.3. The molecule has 0 bridgehead atoms. The van der Waals surface area contributed by atoms with Crippen molar-refractivity contribution in [2.45, 2.75) is 40.3 Å². The Balaban J connectivity index is 2.48. The quantitative estimate of drug-likeness (QED) is 0.855. The molecule has 1 aromatic heterocycles. The van der Waals surface area contributed by atoms with Crippen LogP contribution >= 0.6 is 0 Å². The summed E-state index contributed by atoms with van der Waals surface area (Å²) in [5.41, 5.74) is 2.75. The number of nitrogens with zero attached hydrogens (tertiary/aromatic N) is 2. The minimum atomic E-state index is -0.247. The van der Waals surface area contributed by atoms with Gasteiger partial charge in [-0.15, -0.1) is 0 Å². The van der Waals surface area contributed by atoms with Crippen molar-refractivity contribution in [1.29, 1.82) is 0 Å². The van der Waals surface area contributed by atoms with E-state index < -0.39 is 0 Å². The Morgan fingerprint density at radius 3 is 2.55 bits per heavy atom. The molecule has 2 rings (SSSR count). The van der Waals surface area contributed by atoms with E-state index in [4.69, 9.17) is 0 Å². The minimum Gasteiger partial charge on any atom is -0.300 e. The molecule has 0 N–H and O–H groups in total. The molecule has 4 heteroatoms. The van der Waals surface area contributed by atoms with Crippen molar-refractivity contribution in [2.75, 3.05) is 0 Å². The summed E-state index contributed by atoms with van der Waals surface area (Å²) in [6.45, 7) is 6.97. The van der Waals surface area contributed by atoms with E-state index >= 15 is 0 Å². The molecule has 0 radical (unpaired) electrons. The molecule has 0 amide bonds. The summed E-state index contributed by atoms with van der Waals surface area (Å²) in [5, 5.41) is 0. The van der Waals surface area contributed by atoms with E-state index in [9.17, 15) is 9.59 Å². The van der Waals surface area contributed by atoms with Crippen LogP contribution in [0.1, 0.15) is 30.0 Å². The lowest BCUT2D eigenvalue weighted by atomic mass is 10.1. The van der Waals surface area contributed by atoms with Gasteiger partial charge in [-0.2, -0.15) is 0 Å². The van der Waals surface area contributed by atoms with Crippen molar-refractivity contribution in [2.24, 2.45) is 0 Å². The summed E-state index contributed by atoms with van der Waals surface area (Å²) in [7, 11) is 0. The van der Waals surface area contributed by atoms with Crippen LogP contribution in [-0.4, -0.2) is 9.13 Å². The van der Waals surface area contributed by atoms with Crippen LogP contribution < -0.4 is 11.2 Å². The summed E-state index contributed by atoms with van der Waals surface area (Å²) in [4.78, 5) is 24.3. The molecule has 0 spiro atoms. The molecular weight excluding hydrogens is 252 g/mol. The fraction of sp³-hybridized carbons (Fsp3) is 0.375. The lowest BCUT2D eigenvalue weighted by molar-refractivity contribution is 0.570. The SMILES string of the molecule is CCCn1ccc(=O)n(Cc2cc(C)ccc2C)c1=O. The number of hydrogen-bond acceptors (Lipinski definition) is 2. The van der Waals surface area contributed by atoms with Crippen LogP contribution in [0.25, 0.3) is 0 Å². The summed E-state index contributed by atoms with van der Waals surface area (Å²) in [5.74, 6) is 0. The minimum absolute atomic E-state index is 0.236. The second kappa shape index (κ2) is 5.90. The second-order valence-corrected chi connectivity index (χ2v) is 5.15. The Kier molecular flexibility index (Phi) is 4.23. The zero-order chi connectivity index (χ0) is 14.7. The normalized spacial score (nSPS) is 10.8. The van der Waals surface area contributed by atoms with Crippen molar-refractivity contribution in [3.8, 4) is 0 Å². The molecule has 0 aliphatic heterocycles. The molecule has 4 nitrogen and oxygen atoms in total. The Morgan fingerprint density at radius 1 is 1.10 bits per heavy atom. The van der Waals surface area contributed by atoms with Gasteiger partial charge in [0.1, 0.15) is 0 Å². The summed E-state index contributed by atoms with van der Waals surface area (Å²) >= 11 is 0. The van der Waals surface area contributed by atoms with Gasteiger partial charge in [0.15, 0.2) is 0 Å². The molecule has 0 aliphatic carbocycles. The van der Waals surface area contributed by atoms with Crippen LogP contribution in [0.5, 0.6) is 0 Å². The molecule has 2 aromatic rings. The first-order chi connectivity index (χ1) is 9.52. The highest BCUT2D eigenvalue weighted by molar-refractivity contribution is 5.30. The monoisotopic (exact) mass is 272 g/mol. The molecule has 1 heterocycles. The topological polar surface area (TPSA) is 44.0 Å². The van der Waals surface area contributed by atoms with E-state index in [1.807, 2.05) is 39.0 Å². The maximum atomic E-state index is 12.3. The van der Waals surface area contributed by atoms with Crippen LogP contribution in [0, 0.1) is 13.8 Å². The summed E-state index contributed by atoms with van der Waals surface area (Å²) in [6.07, 6.45) is 2.44. The molecule has 0 atom stereocenters. The van der Waals surface area contributed by atoms with Crippen molar-refractivity contribution in [1.82, 2.24) is 9.13 Å². The molecule has 0 unspecified atom stereocenters. The molecular formula is C16H20N2O2. The average molecular weight is 272 g/mol. The van der Waals surface area contributed by atoms with Gasteiger partial charge >= 0.3 is 5.69 Å². The van der Waals surface area contributed by atoms with Gasteiger partial charge in [-0.25, -0.2) is 4.79 Å². The van der Waals surface area contributed by atoms with Gasteiger partial charge in [-0.3, -0.25) is 9.36 Å². The largest absolute Gasteiger partial charge is 0.331 e. The molecule has 1 aromatic carbocycles. The number of aryl methyl sites for hydroxylation is 3. The Hall–Kier alpha value is -2.10. The smallest absolute Gasteiger partial charge is 0.300 e. The molecule has 0 aliphatic rings. The highest BCUT2D eigenvalue weighted by Gasteiger charge is 2.07.